The first-order valence-corrected chi connectivity index (χ1v) is 5.65. The van der Waals surface area contributed by atoms with Crippen molar-refractivity contribution in [2.75, 3.05) is 14.2 Å². The van der Waals surface area contributed by atoms with Crippen molar-refractivity contribution in [2.45, 2.75) is 6.04 Å². The molecule has 0 saturated heterocycles. The number of aryl methyl sites for hydroxylation is 1. The molecule has 1 atom stereocenters. The third-order valence-electron chi connectivity index (χ3n) is 2.85. The van der Waals surface area contributed by atoms with Crippen molar-refractivity contribution in [3.05, 3.63) is 47.5 Å². The Labute approximate surface area is 105 Å². The fraction of sp³-hybridized carbons (Fsp3) is 0.308. The first kappa shape index (κ1) is 12.6. The van der Waals surface area contributed by atoms with Crippen molar-refractivity contribution in [2.24, 2.45) is 7.05 Å². The third kappa shape index (κ3) is 2.36. The van der Waals surface area contributed by atoms with Gasteiger partial charge in [0.2, 0.25) is 0 Å². The number of benzene rings is 1. The van der Waals surface area contributed by atoms with E-state index >= 15 is 0 Å². The molecule has 0 fully saturated rings. The molecule has 0 aliphatic carbocycles. The number of hydrogen-bond donors (Lipinski definition) is 1. The maximum absolute atomic E-state index is 13.4. The zero-order valence-electron chi connectivity index (χ0n) is 10.6. The Morgan fingerprint density at radius 1 is 1.44 bits per heavy atom. The van der Waals surface area contributed by atoms with Crippen LogP contribution in [0.5, 0.6) is 5.75 Å². The lowest BCUT2D eigenvalue weighted by molar-refractivity contribution is 0.404. The largest absolute Gasteiger partial charge is 0.496 e. The summed E-state index contributed by atoms with van der Waals surface area (Å²) in [4.78, 5) is 0. The van der Waals surface area contributed by atoms with Crippen molar-refractivity contribution in [1.82, 2.24) is 15.1 Å². The Bertz CT molecular complexity index is 539. The van der Waals surface area contributed by atoms with Gasteiger partial charge in [0.05, 0.1) is 19.3 Å². The average molecular weight is 249 g/mol. The molecule has 0 aliphatic heterocycles. The van der Waals surface area contributed by atoms with E-state index in [0.29, 0.717) is 5.75 Å². The van der Waals surface area contributed by atoms with E-state index in [0.717, 1.165) is 11.1 Å². The SMILES string of the molecule is CNC(c1cnn(C)c1)c1cc(F)ccc1OC. The maximum Gasteiger partial charge on any atom is 0.124 e. The predicted octanol–water partition coefficient (Wildman–Crippen LogP) is 1.88. The Morgan fingerprint density at radius 3 is 2.78 bits per heavy atom. The van der Waals surface area contributed by atoms with Gasteiger partial charge in [-0.15, -0.1) is 0 Å². The summed E-state index contributed by atoms with van der Waals surface area (Å²) in [6.07, 6.45) is 3.65. The summed E-state index contributed by atoms with van der Waals surface area (Å²) < 4.78 is 20.4. The van der Waals surface area contributed by atoms with Gasteiger partial charge in [-0.2, -0.15) is 5.10 Å². The number of ether oxygens (including phenoxy) is 1. The van der Waals surface area contributed by atoms with Crippen molar-refractivity contribution in [1.29, 1.82) is 0 Å². The van der Waals surface area contributed by atoms with Gasteiger partial charge in [0.15, 0.2) is 0 Å². The molecular weight excluding hydrogens is 233 g/mol. The summed E-state index contributed by atoms with van der Waals surface area (Å²) in [7, 11) is 5.24. The number of methoxy groups -OCH3 is 1. The lowest BCUT2D eigenvalue weighted by atomic mass is 10.0. The second kappa shape index (κ2) is 5.18. The van der Waals surface area contributed by atoms with E-state index < -0.39 is 0 Å². The molecule has 1 unspecified atom stereocenters. The van der Waals surface area contributed by atoms with Crippen LogP contribution in [0.3, 0.4) is 0 Å². The first-order chi connectivity index (χ1) is 8.65. The zero-order valence-corrected chi connectivity index (χ0v) is 10.6. The normalized spacial score (nSPS) is 12.4. The minimum Gasteiger partial charge on any atom is -0.496 e. The van der Waals surface area contributed by atoms with Crippen molar-refractivity contribution < 1.29 is 9.13 Å². The van der Waals surface area contributed by atoms with Crippen LogP contribution in [0.4, 0.5) is 4.39 Å². The van der Waals surface area contributed by atoms with E-state index in [9.17, 15) is 4.39 Å². The number of halogens is 1. The molecular formula is C13H16FN3O. The fourth-order valence-corrected chi connectivity index (χ4v) is 2.02. The van der Waals surface area contributed by atoms with Crippen LogP contribution in [0.15, 0.2) is 30.6 Å². The Kier molecular flexibility index (Phi) is 3.62. The summed E-state index contributed by atoms with van der Waals surface area (Å²) in [6.45, 7) is 0. The van der Waals surface area contributed by atoms with E-state index in [1.54, 1.807) is 24.1 Å². The van der Waals surface area contributed by atoms with Crippen molar-refractivity contribution >= 4 is 0 Å². The van der Waals surface area contributed by atoms with Crippen LogP contribution in [-0.2, 0) is 7.05 Å². The highest BCUT2D eigenvalue weighted by molar-refractivity contribution is 5.41. The van der Waals surface area contributed by atoms with E-state index in [2.05, 4.69) is 10.4 Å². The molecule has 0 saturated carbocycles. The summed E-state index contributed by atoms with van der Waals surface area (Å²) in [5.74, 6) is 0.370. The van der Waals surface area contributed by atoms with Gasteiger partial charge in [-0.1, -0.05) is 0 Å². The minimum atomic E-state index is -0.282. The number of hydrogen-bond acceptors (Lipinski definition) is 3. The molecule has 0 spiro atoms. The van der Waals surface area contributed by atoms with E-state index in [1.807, 2.05) is 20.3 Å². The molecule has 2 aromatic rings. The monoisotopic (exact) mass is 249 g/mol. The Hall–Kier alpha value is -1.88. The number of aromatic nitrogens is 2. The van der Waals surface area contributed by atoms with Crippen molar-refractivity contribution in [3.8, 4) is 5.75 Å². The summed E-state index contributed by atoms with van der Waals surface area (Å²) >= 11 is 0. The molecule has 0 amide bonds. The zero-order chi connectivity index (χ0) is 13.1. The highest BCUT2D eigenvalue weighted by Gasteiger charge is 2.18. The Balaban J connectivity index is 2.47. The molecule has 0 radical (unpaired) electrons. The van der Waals surface area contributed by atoms with Gasteiger partial charge in [0.1, 0.15) is 11.6 Å². The fourth-order valence-electron chi connectivity index (χ4n) is 2.02. The van der Waals surface area contributed by atoms with Gasteiger partial charge in [0, 0.05) is 24.4 Å². The van der Waals surface area contributed by atoms with Gasteiger partial charge in [0.25, 0.3) is 0 Å². The molecule has 18 heavy (non-hydrogen) atoms. The molecule has 1 heterocycles. The van der Waals surface area contributed by atoms with Crippen LogP contribution >= 0.6 is 0 Å². The molecule has 0 aliphatic rings. The molecule has 1 aromatic heterocycles. The summed E-state index contributed by atoms with van der Waals surface area (Å²) in [6, 6.07) is 4.35. The van der Waals surface area contributed by atoms with Crippen LogP contribution in [0.25, 0.3) is 0 Å². The lowest BCUT2D eigenvalue weighted by Gasteiger charge is -2.18. The van der Waals surface area contributed by atoms with Gasteiger partial charge in [-0.05, 0) is 25.2 Å². The molecule has 2 rings (SSSR count). The van der Waals surface area contributed by atoms with E-state index in [4.69, 9.17) is 4.74 Å². The molecule has 4 nitrogen and oxygen atoms in total. The predicted molar refractivity (Wildman–Crippen MR) is 67.1 cm³/mol. The molecule has 0 bridgehead atoms. The quantitative estimate of drug-likeness (QED) is 0.899. The second-order valence-corrected chi connectivity index (χ2v) is 4.06. The molecule has 5 heteroatoms. The topological polar surface area (TPSA) is 39.1 Å². The maximum atomic E-state index is 13.4. The van der Waals surface area contributed by atoms with Crippen LogP contribution in [0.1, 0.15) is 17.2 Å². The standard InChI is InChI=1S/C13H16FN3O/c1-15-13(9-7-16-17(2)8-9)11-6-10(14)4-5-12(11)18-3/h4-8,13,15H,1-3H3. The molecule has 1 N–H and O–H groups in total. The average Bonchev–Trinajstić information content (AvgIpc) is 2.77. The molecule has 1 aromatic carbocycles. The summed E-state index contributed by atoms with van der Waals surface area (Å²) in [5, 5.41) is 7.28. The van der Waals surface area contributed by atoms with Crippen molar-refractivity contribution in [3.63, 3.8) is 0 Å². The van der Waals surface area contributed by atoms with Gasteiger partial charge in [-0.3, -0.25) is 4.68 Å². The number of rotatable bonds is 4. The third-order valence-corrected chi connectivity index (χ3v) is 2.85. The smallest absolute Gasteiger partial charge is 0.124 e. The first-order valence-electron chi connectivity index (χ1n) is 5.65. The highest BCUT2D eigenvalue weighted by atomic mass is 19.1. The van der Waals surface area contributed by atoms with Gasteiger partial charge in [-0.25, -0.2) is 4.39 Å². The van der Waals surface area contributed by atoms with Gasteiger partial charge >= 0.3 is 0 Å². The minimum absolute atomic E-state index is 0.149. The van der Waals surface area contributed by atoms with E-state index in [-0.39, 0.29) is 11.9 Å². The van der Waals surface area contributed by atoms with Crippen LogP contribution in [0.2, 0.25) is 0 Å². The second-order valence-electron chi connectivity index (χ2n) is 4.06. The van der Waals surface area contributed by atoms with Crippen LogP contribution in [-0.4, -0.2) is 23.9 Å². The van der Waals surface area contributed by atoms with Crippen LogP contribution in [0, 0.1) is 5.82 Å². The van der Waals surface area contributed by atoms with Gasteiger partial charge < -0.3 is 10.1 Å². The number of nitrogens with one attached hydrogen (secondary N) is 1. The molecule has 96 valence electrons. The summed E-state index contributed by atoms with van der Waals surface area (Å²) in [5.41, 5.74) is 1.72. The van der Waals surface area contributed by atoms with Crippen LogP contribution < -0.4 is 10.1 Å². The lowest BCUT2D eigenvalue weighted by Crippen LogP contribution is -2.18. The number of nitrogens with zero attached hydrogens (tertiary/aromatic N) is 2. The van der Waals surface area contributed by atoms with E-state index in [1.165, 1.54) is 12.1 Å². The Morgan fingerprint density at radius 2 is 2.22 bits per heavy atom. The highest BCUT2D eigenvalue weighted by Crippen LogP contribution is 2.30.